The van der Waals surface area contributed by atoms with E-state index in [-0.39, 0.29) is 41.4 Å². The number of nitrogens with zero attached hydrogens (tertiary/aromatic N) is 2. The Labute approximate surface area is 204 Å². The molecule has 2 aromatic heterocycles. The number of pyridine rings is 1. The van der Waals surface area contributed by atoms with Crippen LogP contribution in [0.3, 0.4) is 0 Å². The summed E-state index contributed by atoms with van der Waals surface area (Å²) >= 11 is 9.00. The first-order chi connectivity index (χ1) is 16.0. The van der Waals surface area contributed by atoms with E-state index >= 15 is 0 Å². The first-order valence-electron chi connectivity index (χ1n) is 11.3. The van der Waals surface area contributed by atoms with Gasteiger partial charge in [0.05, 0.1) is 22.5 Å². The third-order valence-corrected chi connectivity index (χ3v) is 11.0. The summed E-state index contributed by atoms with van der Waals surface area (Å²) in [5, 5.41) is 1.43. The van der Waals surface area contributed by atoms with Gasteiger partial charge in [-0.15, -0.1) is 23.1 Å². The highest BCUT2D eigenvalue weighted by Gasteiger charge is 2.69. The van der Waals surface area contributed by atoms with Crippen molar-refractivity contribution in [3.8, 4) is 0 Å². The molecule has 166 valence electrons. The lowest BCUT2D eigenvalue weighted by Crippen LogP contribution is -2.42. The van der Waals surface area contributed by atoms with E-state index in [1.165, 1.54) is 15.3 Å². The largest absolute Gasteiger partial charge is 0.332 e. The molecule has 7 unspecified atom stereocenters. The monoisotopic (exact) mass is 491 g/mol. The van der Waals surface area contributed by atoms with E-state index in [4.69, 9.17) is 12.2 Å². The van der Waals surface area contributed by atoms with Crippen LogP contribution in [0.5, 0.6) is 0 Å². The molecular formula is C25H21N3O2S3. The summed E-state index contributed by atoms with van der Waals surface area (Å²) in [5.74, 6) is 0.395. The Hall–Kier alpha value is -2.29. The van der Waals surface area contributed by atoms with Gasteiger partial charge in [0.25, 0.3) is 0 Å². The van der Waals surface area contributed by atoms with E-state index < -0.39 is 0 Å². The van der Waals surface area contributed by atoms with Gasteiger partial charge in [0.2, 0.25) is 11.8 Å². The fourth-order valence-electron chi connectivity index (χ4n) is 6.90. The van der Waals surface area contributed by atoms with Crippen LogP contribution in [0.4, 0.5) is 5.69 Å². The molecule has 2 aliphatic heterocycles. The van der Waals surface area contributed by atoms with Crippen LogP contribution in [0.2, 0.25) is 0 Å². The molecule has 2 saturated carbocycles. The van der Waals surface area contributed by atoms with E-state index in [9.17, 15) is 9.59 Å². The number of imide groups is 1. The Morgan fingerprint density at radius 2 is 1.85 bits per heavy atom. The van der Waals surface area contributed by atoms with Gasteiger partial charge in [-0.25, -0.2) is 0 Å². The fraction of sp³-hybridized carbons (Fsp3) is 0.360. The minimum atomic E-state index is -0.224. The number of anilines is 1. The second-order valence-corrected chi connectivity index (χ2v) is 12.5. The normalized spacial score (nSPS) is 33.8. The Kier molecular flexibility index (Phi) is 4.33. The maximum atomic E-state index is 13.7. The number of rotatable bonds is 2. The molecule has 4 aliphatic rings. The van der Waals surface area contributed by atoms with Crippen molar-refractivity contribution >= 4 is 52.8 Å². The van der Waals surface area contributed by atoms with E-state index in [1.54, 1.807) is 17.5 Å². The number of carbonyl (C=O) groups is 2. The number of H-pyrrole nitrogens is 1. The summed E-state index contributed by atoms with van der Waals surface area (Å²) < 4.78 is 0.784. The van der Waals surface area contributed by atoms with Gasteiger partial charge in [0, 0.05) is 28.4 Å². The smallest absolute Gasteiger partial charge is 0.238 e. The number of amides is 2. The lowest BCUT2D eigenvalue weighted by molar-refractivity contribution is -0.123. The van der Waals surface area contributed by atoms with Crippen LogP contribution in [-0.4, -0.2) is 27.0 Å². The number of fused-ring (bicyclic) bond motifs is 9. The van der Waals surface area contributed by atoms with Crippen LogP contribution in [0.15, 0.2) is 53.8 Å². The lowest BCUT2D eigenvalue weighted by atomic mass is 9.68. The molecule has 33 heavy (non-hydrogen) atoms. The van der Waals surface area contributed by atoms with Gasteiger partial charge in [0.1, 0.15) is 0 Å². The Bertz CT molecular complexity index is 1350. The molecule has 2 amide bonds. The van der Waals surface area contributed by atoms with Gasteiger partial charge in [0.15, 0.2) is 3.95 Å². The Morgan fingerprint density at radius 1 is 1.09 bits per heavy atom. The number of aromatic nitrogens is 2. The average Bonchev–Trinajstić information content (AvgIpc) is 3.54. The van der Waals surface area contributed by atoms with E-state index in [0.717, 1.165) is 21.0 Å². The molecule has 7 atom stereocenters. The van der Waals surface area contributed by atoms with Crippen molar-refractivity contribution in [2.45, 2.75) is 29.5 Å². The maximum absolute atomic E-state index is 13.7. The molecule has 0 radical (unpaired) electrons. The van der Waals surface area contributed by atoms with Crippen molar-refractivity contribution in [2.24, 2.45) is 29.6 Å². The second-order valence-electron chi connectivity index (χ2n) is 9.59. The molecule has 2 aliphatic carbocycles. The maximum Gasteiger partial charge on any atom is 0.238 e. The summed E-state index contributed by atoms with van der Waals surface area (Å²) in [4.78, 5) is 37.8. The Morgan fingerprint density at radius 3 is 2.58 bits per heavy atom. The summed E-state index contributed by atoms with van der Waals surface area (Å²) in [6, 6.07) is 11.8. The van der Waals surface area contributed by atoms with Crippen LogP contribution in [0.1, 0.15) is 28.3 Å². The Balaban J connectivity index is 1.33. The summed E-state index contributed by atoms with van der Waals surface area (Å²) in [6.45, 7) is 2.01. The van der Waals surface area contributed by atoms with Crippen molar-refractivity contribution < 1.29 is 9.59 Å². The quantitative estimate of drug-likeness (QED) is 0.395. The highest BCUT2D eigenvalue weighted by atomic mass is 32.2. The molecule has 3 fully saturated rings. The van der Waals surface area contributed by atoms with Gasteiger partial charge in [-0.2, -0.15) is 0 Å². The molecule has 1 N–H and O–H groups in total. The molecule has 8 heteroatoms. The first-order valence-corrected chi connectivity index (χ1v) is 13.4. The fourth-order valence-corrected chi connectivity index (χ4v) is 10.2. The van der Waals surface area contributed by atoms with Crippen molar-refractivity contribution in [2.75, 3.05) is 4.90 Å². The predicted molar refractivity (Wildman–Crippen MR) is 131 cm³/mol. The number of thioether (sulfide) groups is 1. The minimum absolute atomic E-state index is 0.0117. The van der Waals surface area contributed by atoms with Crippen molar-refractivity contribution in [1.82, 2.24) is 9.97 Å². The number of hydrogen-bond donors (Lipinski definition) is 1. The molecule has 3 aromatic rings. The van der Waals surface area contributed by atoms with Crippen molar-refractivity contribution in [1.29, 1.82) is 0 Å². The highest BCUT2D eigenvalue weighted by Crippen LogP contribution is 2.68. The zero-order chi connectivity index (χ0) is 22.4. The summed E-state index contributed by atoms with van der Waals surface area (Å²) in [6.07, 6.45) is 4.70. The van der Waals surface area contributed by atoms with Crippen LogP contribution >= 0.6 is 35.3 Å². The van der Waals surface area contributed by atoms with Gasteiger partial charge < -0.3 is 4.98 Å². The number of thiazole rings is 1. The van der Waals surface area contributed by atoms with Gasteiger partial charge in [-0.3, -0.25) is 19.5 Å². The zero-order valence-corrected chi connectivity index (χ0v) is 20.3. The number of carbonyl (C=O) groups excluding carboxylic acids is 2. The highest BCUT2D eigenvalue weighted by molar-refractivity contribution is 8.00. The summed E-state index contributed by atoms with van der Waals surface area (Å²) in [7, 11) is 0. The number of benzene rings is 1. The van der Waals surface area contributed by atoms with Crippen molar-refractivity contribution in [3.63, 3.8) is 0 Å². The van der Waals surface area contributed by atoms with E-state index in [2.05, 4.69) is 16.0 Å². The second kappa shape index (κ2) is 7.10. The lowest BCUT2D eigenvalue weighted by Gasteiger charge is -2.42. The number of nitrogens with one attached hydrogen (secondary N) is 1. The average molecular weight is 492 g/mol. The molecular weight excluding hydrogens is 470 g/mol. The van der Waals surface area contributed by atoms with Crippen LogP contribution in [-0.2, 0) is 9.59 Å². The minimum Gasteiger partial charge on any atom is -0.332 e. The van der Waals surface area contributed by atoms with E-state index in [0.29, 0.717) is 16.9 Å². The van der Waals surface area contributed by atoms with Crippen molar-refractivity contribution in [3.05, 3.63) is 68.8 Å². The van der Waals surface area contributed by atoms with E-state index in [1.807, 2.05) is 55.2 Å². The molecule has 0 spiro atoms. The van der Waals surface area contributed by atoms with Crippen LogP contribution in [0.25, 0.3) is 0 Å². The van der Waals surface area contributed by atoms with Crippen LogP contribution < -0.4 is 4.90 Å². The third-order valence-electron chi connectivity index (χ3n) is 8.06. The SMILES string of the molecule is Cc1ccc(N2C(=O)C3C4CC(C3C2=O)C2C(c3cccnc3)c3sc(=S)[nH]c3SC42)cc1. The third kappa shape index (κ3) is 2.71. The molecule has 1 aromatic carbocycles. The predicted octanol–water partition coefficient (Wildman–Crippen LogP) is 5.19. The number of aromatic amines is 1. The molecule has 4 heterocycles. The van der Waals surface area contributed by atoms with Gasteiger partial charge in [-0.05, 0) is 67.1 Å². The molecule has 2 bridgehead atoms. The van der Waals surface area contributed by atoms with Crippen LogP contribution in [0, 0.1) is 40.5 Å². The number of hydrogen-bond acceptors (Lipinski definition) is 6. The topological polar surface area (TPSA) is 66.1 Å². The van der Waals surface area contributed by atoms with Gasteiger partial charge in [-0.1, -0.05) is 23.8 Å². The zero-order valence-electron chi connectivity index (χ0n) is 17.8. The molecule has 7 rings (SSSR count). The number of aryl methyl sites for hydroxylation is 1. The standard InChI is InChI=1S/C25H21N3O2S3/c1-11-4-6-13(7-5-11)28-23(29)18-14-9-15(19(18)24(28)30)20-17(14)16(12-3-2-8-26-10-12)21-22(32-20)27-25(31)33-21/h2-8,10,14-20H,9H2,1H3,(H,27,31). The molecule has 1 saturated heterocycles. The molecule has 5 nitrogen and oxygen atoms in total. The first kappa shape index (κ1) is 20.1. The van der Waals surface area contributed by atoms with Gasteiger partial charge >= 0.3 is 0 Å². The summed E-state index contributed by atoms with van der Waals surface area (Å²) in [5.41, 5.74) is 2.99.